The molecule has 9 heteroatoms. The first-order chi connectivity index (χ1) is 8.35. The molecule has 1 unspecified atom stereocenters. The van der Waals surface area contributed by atoms with Gasteiger partial charge in [0.15, 0.2) is 0 Å². The van der Waals surface area contributed by atoms with Crippen LogP contribution in [0.2, 0.25) is 5.02 Å². The lowest BCUT2D eigenvalue weighted by atomic mass is 10.1. The first-order valence-electron chi connectivity index (χ1n) is 5.13. The van der Waals surface area contributed by atoms with Crippen molar-refractivity contribution in [2.75, 3.05) is 13.2 Å². The highest BCUT2D eigenvalue weighted by molar-refractivity contribution is 6.31. The third kappa shape index (κ3) is 4.45. The Morgan fingerprint density at radius 3 is 2.72 bits per heavy atom. The van der Waals surface area contributed by atoms with Crippen molar-refractivity contribution in [3.05, 3.63) is 16.9 Å². The molecule has 0 spiro atoms. The number of hydrazine groups is 1. The molecule has 1 atom stereocenters. The minimum atomic E-state index is -4.32. The number of rotatable bonds is 6. The summed E-state index contributed by atoms with van der Waals surface area (Å²) < 4.78 is 41.6. The van der Waals surface area contributed by atoms with Gasteiger partial charge in [-0.2, -0.15) is 18.3 Å². The molecule has 0 aliphatic carbocycles. The van der Waals surface area contributed by atoms with Crippen LogP contribution in [-0.2, 0) is 11.8 Å². The average molecular weight is 287 g/mol. The van der Waals surface area contributed by atoms with Crippen LogP contribution in [0.3, 0.4) is 0 Å². The van der Waals surface area contributed by atoms with Crippen molar-refractivity contribution in [1.82, 2.24) is 15.2 Å². The van der Waals surface area contributed by atoms with Crippen LogP contribution in [-0.4, -0.2) is 29.2 Å². The van der Waals surface area contributed by atoms with Gasteiger partial charge < -0.3 is 4.74 Å². The zero-order valence-corrected chi connectivity index (χ0v) is 10.4. The summed E-state index contributed by atoms with van der Waals surface area (Å²) >= 11 is 5.90. The lowest BCUT2D eigenvalue weighted by molar-refractivity contribution is -0.174. The second-order valence-corrected chi connectivity index (χ2v) is 4.08. The van der Waals surface area contributed by atoms with E-state index in [2.05, 4.69) is 15.3 Å². The Labute approximate surface area is 107 Å². The molecule has 0 amide bonds. The van der Waals surface area contributed by atoms with Crippen molar-refractivity contribution >= 4 is 11.6 Å². The molecule has 0 aromatic carbocycles. The normalized spacial score (nSPS) is 13.9. The molecule has 0 saturated heterocycles. The fraction of sp³-hybridized carbons (Fsp3) is 0.667. The largest absolute Gasteiger partial charge is 0.411 e. The van der Waals surface area contributed by atoms with E-state index in [1.165, 1.54) is 10.9 Å². The quantitative estimate of drug-likeness (QED) is 0.473. The molecular weight excluding hydrogens is 273 g/mol. The van der Waals surface area contributed by atoms with E-state index in [0.29, 0.717) is 10.7 Å². The Hall–Kier alpha value is -0.830. The van der Waals surface area contributed by atoms with Crippen LogP contribution in [0.25, 0.3) is 0 Å². The summed E-state index contributed by atoms with van der Waals surface area (Å²) in [6.45, 7) is -1.36. The van der Waals surface area contributed by atoms with Crippen molar-refractivity contribution in [2.24, 2.45) is 12.9 Å². The highest BCUT2D eigenvalue weighted by Crippen LogP contribution is 2.24. The topological polar surface area (TPSA) is 65.1 Å². The van der Waals surface area contributed by atoms with Gasteiger partial charge >= 0.3 is 6.18 Å². The van der Waals surface area contributed by atoms with Gasteiger partial charge in [-0.05, 0) is 6.42 Å². The number of halogens is 4. The monoisotopic (exact) mass is 286 g/mol. The summed E-state index contributed by atoms with van der Waals surface area (Å²) in [7, 11) is 1.67. The summed E-state index contributed by atoms with van der Waals surface area (Å²) in [5.74, 6) is 5.34. The second kappa shape index (κ2) is 6.37. The van der Waals surface area contributed by atoms with Crippen LogP contribution >= 0.6 is 11.6 Å². The molecule has 3 N–H and O–H groups in total. The smallest absolute Gasteiger partial charge is 0.372 e. The molecule has 0 bridgehead atoms. The Morgan fingerprint density at radius 1 is 1.61 bits per heavy atom. The van der Waals surface area contributed by atoms with Gasteiger partial charge in [0.25, 0.3) is 0 Å². The summed E-state index contributed by atoms with van der Waals surface area (Å²) in [6.07, 6.45) is -2.63. The molecule has 1 aromatic rings. The lowest BCUT2D eigenvalue weighted by Crippen LogP contribution is -2.31. The predicted octanol–water partition coefficient (Wildman–Crippen LogP) is 1.55. The first kappa shape index (κ1) is 15.2. The SMILES string of the molecule is Cn1ncc(Cl)c1C(CCOCC(F)(F)F)NN. The van der Waals surface area contributed by atoms with E-state index < -0.39 is 18.8 Å². The van der Waals surface area contributed by atoms with E-state index in [0.717, 1.165) is 0 Å². The fourth-order valence-electron chi connectivity index (χ4n) is 1.50. The summed E-state index contributed by atoms with van der Waals surface area (Å²) in [5, 5.41) is 4.32. The standard InChI is InChI=1S/C9H14ClF3N4O/c1-17-8(6(10)4-15-17)7(16-14)2-3-18-5-9(11,12)13/h4,7,16H,2-3,5,14H2,1H3. The van der Waals surface area contributed by atoms with Crippen LogP contribution in [0.5, 0.6) is 0 Å². The van der Waals surface area contributed by atoms with Crippen molar-refractivity contribution in [3.8, 4) is 0 Å². The van der Waals surface area contributed by atoms with Crippen molar-refractivity contribution in [3.63, 3.8) is 0 Å². The lowest BCUT2D eigenvalue weighted by Gasteiger charge is -2.17. The van der Waals surface area contributed by atoms with Gasteiger partial charge in [0, 0.05) is 13.7 Å². The van der Waals surface area contributed by atoms with Crippen LogP contribution in [0.1, 0.15) is 18.2 Å². The molecule has 1 aromatic heterocycles. The maximum atomic E-state index is 11.9. The number of ether oxygens (including phenoxy) is 1. The van der Waals surface area contributed by atoms with Crippen molar-refractivity contribution < 1.29 is 17.9 Å². The van der Waals surface area contributed by atoms with Gasteiger partial charge in [-0.3, -0.25) is 16.0 Å². The molecule has 0 aliphatic rings. The third-order valence-corrected chi connectivity index (χ3v) is 2.58. The molecule has 0 aliphatic heterocycles. The number of hydrogen-bond acceptors (Lipinski definition) is 4. The number of aromatic nitrogens is 2. The molecule has 1 rings (SSSR count). The molecule has 5 nitrogen and oxygen atoms in total. The van der Waals surface area contributed by atoms with E-state index in [9.17, 15) is 13.2 Å². The Bertz CT molecular complexity index is 363. The minimum absolute atomic E-state index is 0.0874. The van der Waals surface area contributed by atoms with E-state index in [4.69, 9.17) is 17.4 Å². The molecule has 1 heterocycles. The van der Waals surface area contributed by atoms with Gasteiger partial charge in [0.2, 0.25) is 0 Å². The zero-order valence-electron chi connectivity index (χ0n) is 9.67. The number of nitrogens with zero attached hydrogens (tertiary/aromatic N) is 2. The second-order valence-electron chi connectivity index (χ2n) is 3.68. The number of hydrogen-bond donors (Lipinski definition) is 2. The summed E-state index contributed by atoms with van der Waals surface area (Å²) in [6, 6.07) is -0.418. The number of aryl methyl sites for hydroxylation is 1. The fourth-order valence-corrected chi connectivity index (χ4v) is 1.80. The van der Waals surface area contributed by atoms with E-state index in [-0.39, 0.29) is 13.0 Å². The summed E-state index contributed by atoms with van der Waals surface area (Å²) in [5.41, 5.74) is 3.08. The Kier molecular flexibility index (Phi) is 5.39. The first-order valence-corrected chi connectivity index (χ1v) is 5.51. The molecule has 0 saturated carbocycles. The highest BCUT2D eigenvalue weighted by Gasteiger charge is 2.27. The van der Waals surface area contributed by atoms with Gasteiger partial charge in [-0.15, -0.1) is 0 Å². The third-order valence-electron chi connectivity index (χ3n) is 2.29. The summed E-state index contributed by atoms with van der Waals surface area (Å²) in [4.78, 5) is 0. The van der Waals surface area contributed by atoms with Gasteiger partial charge in [-0.1, -0.05) is 11.6 Å². The van der Waals surface area contributed by atoms with Gasteiger partial charge in [0.05, 0.1) is 23.0 Å². The average Bonchev–Trinajstić information content (AvgIpc) is 2.59. The molecular formula is C9H14ClF3N4O. The van der Waals surface area contributed by atoms with E-state index >= 15 is 0 Å². The van der Waals surface area contributed by atoms with E-state index in [1.807, 2.05) is 0 Å². The van der Waals surface area contributed by atoms with Gasteiger partial charge in [0.1, 0.15) is 6.61 Å². The predicted molar refractivity (Wildman–Crippen MR) is 59.8 cm³/mol. The minimum Gasteiger partial charge on any atom is -0.372 e. The van der Waals surface area contributed by atoms with Crippen molar-refractivity contribution in [2.45, 2.75) is 18.6 Å². The number of nitrogens with two attached hydrogens (primary N) is 1. The maximum absolute atomic E-state index is 11.9. The molecule has 0 fully saturated rings. The van der Waals surface area contributed by atoms with Crippen LogP contribution in [0.4, 0.5) is 13.2 Å². The Morgan fingerprint density at radius 2 is 2.28 bits per heavy atom. The van der Waals surface area contributed by atoms with E-state index in [1.54, 1.807) is 7.05 Å². The molecule has 0 radical (unpaired) electrons. The zero-order chi connectivity index (χ0) is 13.8. The molecule has 104 valence electrons. The van der Waals surface area contributed by atoms with Gasteiger partial charge in [-0.25, -0.2) is 0 Å². The number of alkyl halides is 3. The molecule has 18 heavy (non-hydrogen) atoms. The number of nitrogens with one attached hydrogen (secondary N) is 1. The highest BCUT2D eigenvalue weighted by atomic mass is 35.5. The van der Waals surface area contributed by atoms with Crippen LogP contribution < -0.4 is 11.3 Å². The maximum Gasteiger partial charge on any atom is 0.411 e. The van der Waals surface area contributed by atoms with Crippen molar-refractivity contribution in [1.29, 1.82) is 0 Å². The van der Waals surface area contributed by atoms with Crippen LogP contribution in [0, 0.1) is 0 Å². The van der Waals surface area contributed by atoms with Crippen LogP contribution in [0.15, 0.2) is 6.20 Å². The Balaban J connectivity index is 2.49.